The van der Waals surface area contributed by atoms with Crippen LogP contribution >= 0.6 is 0 Å². The van der Waals surface area contributed by atoms with Gasteiger partial charge in [0.2, 0.25) is 0 Å². The number of fused-ring (bicyclic) bond motifs is 1. The number of hydrogen-bond donors (Lipinski definition) is 2. The van der Waals surface area contributed by atoms with Crippen molar-refractivity contribution >= 4 is 16.8 Å². The molecule has 0 aliphatic rings. The monoisotopic (exact) mass is 217 g/mol. The maximum atomic E-state index is 13.8. The largest absolute Gasteiger partial charge is 0.464 e. The molecular formula is C11H8FN3O. The van der Waals surface area contributed by atoms with Crippen molar-refractivity contribution in [3.05, 3.63) is 36.5 Å². The summed E-state index contributed by atoms with van der Waals surface area (Å²) in [5.74, 6) is -0.0571. The first kappa shape index (κ1) is 8.96. The number of furan rings is 1. The first-order valence-electron chi connectivity index (χ1n) is 4.72. The quantitative estimate of drug-likeness (QED) is 0.658. The standard InChI is InChI=1S/C11H8FN3O/c12-8-2-1-6-3-4-16-10(6)9(8)7-5-14-15-11(7)13/h1-5H,(H3,13,14,15). The van der Waals surface area contributed by atoms with E-state index in [4.69, 9.17) is 10.2 Å². The number of nitrogens with zero attached hydrogens (tertiary/aromatic N) is 1. The van der Waals surface area contributed by atoms with Crippen LogP contribution in [0.5, 0.6) is 0 Å². The first-order chi connectivity index (χ1) is 7.77. The Morgan fingerprint density at radius 1 is 1.31 bits per heavy atom. The van der Waals surface area contributed by atoms with Crippen LogP contribution in [0.25, 0.3) is 22.1 Å². The Hall–Kier alpha value is -2.30. The van der Waals surface area contributed by atoms with Crippen molar-refractivity contribution in [1.82, 2.24) is 10.2 Å². The van der Waals surface area contributed by atoms with Crippen LogP contribution < -0.4 is 5.73 Å². The first-order valence-corrected chi connectivity index (χ1v) is 4.72. The highest BCUT2D eigenvalue weighted by atomic mass is 19.1. The van der Waals surface area contributed by atoms with Gasteiger partial charge in [0.05, 0.1) is 23.6 Å². The molecular weight excluding hydrogens is 209 g/mol. The Morgan fingerprint density at radius 2 is 2.19 bits per heavy atom. The van der Waals surface area contributed by atoms with Crippen LogP contribution in [-0.2, 0) is 0 Å². The third-order valence-electron chi connectivity index (χ3n) is 2.51. The normalized spacial score (nSPS) is 11.1. The second-order valence-electron chi connectivity index (χ2n) is 3.46. The number of H-pyrrole nitrogens is 1. The van der Waals surface area contributed by atoms with E-state index in [1.807, 2.05) is 0 Å². The Kier molecular flexibility index (Phi) is 1.73. The molecule has 4 nitrogen and oxygen atoms in total. The molecule has 0 radical (unpaired) electrons. The van der Waals surface area contributed by atoms with E-state index in [1.54, 1.807) is 12.1 Å². The number of nitrogen functional groups attached to an aromatic ring is 1. The van der Waals surface area contributed by atoms with Gasteiger partial charge in [0.25, 0.3) is 0 Å². The summed E-state index contributed by atoms with van der Waals surface area (Å²) in [7, 11) is 0. The van der Waals surface area contributed by atoms with E-state index in [1.165, 1.54) is 18.5 Å². The minimum Gasteiger partial charge on any atom is -0.464 e. The number of aromatic amines is 1. The fourth-order valence-corrected chi connectivity index (χ4v) is 1.75. The maximum Gasteiger partial charge on any atom is 0.144 e. The molecule has 0 fully saturated rings. The van der Waals surface area contributed by atoms with Crippen molar-refractivity contribution in [3.63, 3.8) is 0 Å². The molecule has 0 atom stereocenters. The van der Waals surface area contributed by atoms with Crippen LogP contribution in [0.3, 0.4) is 0 Å². The molecule has 0 unspecified atom stereocenters. The average molecular weight is 217 g/mol. The van der Waals surface area contributed by atoms with Gasteiger partial charge in [-0.1, -0.05) is 0 Å². The molecule has 0 aliphatic carbocycles. The molecule has 0 saturated carbocycles. The van der Waals surface area contributed by atoms with Crippen molar-refractivity contribution in [2.24, 2.45) is 0 Å². The lowest BCUT2D eigenvalue weighted by molar-refractivity contribution is 0.602. The van der Waals surface area contributed by atoms with E-state index in [9.17, 15) is 4.39 Å². The van der Waals surface area contributed by atoms with Crippen LogP contribution in [0, 0.1) is 5.82 Å². The zero-order valence-electron chi connectivity index (χ0n) is 8.20. The molecule has 0 spiro atoms. The number of nitrogens with one attached hydrogen (secondary N) is 1. The fourth-order valence-electron chi connectivity index (χ4n) is 1.75. The van der Waals surface area contributed by atoms with E-state index in [-0.39, 0.29) is 5.82 Å². The zero-order chi connectivity index (χ0) is 11.1. The highest BCUT2D eigenvalue weighted by Gasteiger charge is 2.16. The SMILES string of the molecule is Nc1[nH]ncc1-c1c(F)ccc2ccoc12. The summed E-state index contributed by atoms with van der Waals surface area (Å²) in [5, 5.41) is 7.17. The predicted octanol–water partition coefficient (Wildman–Crippen LogP) is 2.54. The Bertz CT molecular complexity index is 656. The second-order valence-corrected chi connectivity index (χ2v) is 3.46. The van der Waals surface area contributed by atoms with Crippen LogP contribution in [0.15, 0.2) is 35.1 Å². The molecule has 2 heterocycles. The number of benzene rings is 1. The van der Waals surface area contributed by atoms with Gasteiger partial charge in [-0.3, -0.25) is 5.10 Å². The van der Waals surface area contributed by atoms with E-state index < -0.39 is 0 Å². The van der Waals surface area contributed by atoms with Gasteiger partial charge in [-0.05, 0) is 18.2 Å². The number of nitrogens with two attached hydrogens (primary N) is 1. The molecule has 80 valence electrons. The van der Waals surface area contributed by atoms with Crippen LogP contribution in [0.2, 0.25) is 0 Å². The number of rotatable bonds is 1. The molecule has 5 heteroatoms. The summed E-state index contributed by atoms with van der Waals surface area (Å²) in [4.78, 5) is 0. The minimum atomic E-state index is -0.379. The van der Waals surface area contributed by atoms with Gasteiger partial charge in [-0.15, -0.1) is 0 Å². The summed E-state index contributed by atoms with van der Waals surface area (Å²) in [6.07, 6.45) is 3.00. The highest BCUT2D eigenvalue weighted by Crippen LogP contribution is 2.34. The van der Waals surface area contributed by atoms with Gasteiger partial charge in [-0.25, -0.2) is 4.39 Å². The molecule has 0 bridgehead atoms. The van der Waals surface area contributed by atoms with Gasteiger partial charge in [-0.2, -0.15) is 5.10 Å². The lowest BCUT2D eigenvalue weighted by atomic mass is 10.1. The summed E-state index contributed by atoms with van der Waals surface area (Å²) in [6.45, 7) is 0. The predicted molar refractivity (Wildman–Crippen MR) is 58.2 cm³/mol. The van der Waals surface area contributed by atoms with Crippen molar-refractivity contribution in [3.8, 4) is 11.1 Å². The summed E-state index contributed by atoms with van der Waals surface area (Å²) >= 11 is 0. The topological polar surface area (TPSA) is 67.8 Å². The molecule has 3 N–H and O–H groups in total. The number of aromatic nitrogens is 2. The molecule has 0 amide bonds. The fraction of sp³-hybridized carbons (Fsp3) is 0. The molecule has 0 saturated heterocycles. The van der Waals surface area contributed by atoms with Gasteiger partial charge in [0.15, 0.2) is 0 Å². The van der Waals surface area contributed by atoms with Gasteiger partial charge in [0, 0.05) is 5.39 Å². The van der Waals surface area contributed by atoms with Gasteiger partial charge >= 0.3 is 0 Å². The molecule has 3 rings (SSSR count). The Morgan fingerprint density at radius 3 is 2.94 bits per heavy atom. The van der Waals surface area contributed by atoms with Crippen molar-refractivity contribution in [1.29, 1.82) is 0 Å². The van der Waals surface area contributed by atoms with Crippen molar-refractivity contribution in [2.45, 2.75) is 0 Å². The van der Waals surface area contributed by atoms with E-state index in [2.05, 4.69) is 10.2 Å². The van der Waals surface area contributed by atoms with Crippen LogP contribution in [0.1, 0.15) is 0 Å². The van der Waals surface area contributed by atoms with Crippen molar-refractivity contribution < 1.29 is 8.81 Å². The summed E-state index contributed by atoms with van der Waals surface area (Å²) < 4.78 is 19.1. The molecule has 0 aliphatic heterocycles. The number of anilines is 1. The molecule has 2 aromatic heterocycles. The third kappa shape index (κ3) is 1.11. The van der Waals surface area contributed by atoms with E-state index in [0.29, 0.717) is 22.5 Å². The smallest absolute Gasteiger partial charge is 0.144 e. The van der Waals surface area contributed by atoms with Gasteiger partial charge < -0.3 is 10.2 Å². The Labute approximate surface area is 89.9 Å². The lowest BCUT2D eigenvalue weighted by Gasteiger charge is -2.02. The number of hydrogen-bond acceptors (Lipinski definition) is 3. The molecule has 1 aromatic carbocycles. The zero-order valence-corrected chi connectivity index (χ0v) is 8.20. The minimum absolute atomic E-state index is 0.322. The van der Waals surface area contributed by atoms with E-state index >= 15 is 0 Å². The summed E-state index contributed by atoms with van der Waals surface area (Å²) in [6, 6.07) is 4.82. The van der Waals surface area contributed by atoms with E-state index in [0.717, 1.165) is 5.39 Å². The van der Waals surface area contributed by atoms with Gasteiger partial charge in [0.1, 0.15) is 17.2 Å². The van der Waals surface area contributed by atoms with Crippen LogP contribution in [0.4, 0.5) is 10.2 Å². The van der Waals surface area contributed by atoms with Crippen molar-refractivity contribution in [2.75, 3.05) is 5.73 Å². The highest BCUT2D eigenvalue weighted by molar-refractivity contribution is 5.95. The Balaban J connectivity index is 2.42. The van der Waals surface area contributed by atoms with Crippen LogP contribution in [-0.4, -0.2) is 10.2 Å². The summed E-state index contributed by atoms with van der Waals surface area (Å²) in [5.41, 5.74) is 7.01. The molecule has 16 heavy (non-hydrogen) atoms. The lowest BCUT2D eigenvalue weighted by Crippen LogP contribution is -1.90. The maximum absolute atomic E-state index is 13.8. The average Bonchev–Trinajstić information content (AvgIpc) is 2.87. The number of halogens is 1. The third-order valence-corrected chi connectivity index (χ3v) is 2.51. The second kappa shape index (κ2) is 3.10. The molecule has 3 aromatic rings.